The Kier molecular flexibility index (Phi) is 5.50. The normalized spacial score (nSPS) is 34.3. The van der Waals surface area contributed by atoms with Gasteiger partial charge >= 0.3 is 0 Å². The lowest BCUT2D eigenvalue weighted by atomic mass is 9.87. The van der Waals surface area contributed by atoms with Crippen LogP contribution in [0.4, 0.5) is 0 Å². The van der Waals surface area contributed by atoms with Crippen LogP contribution < -0.4 is 5.32 Å². The first-order valence-electron chi connectivity index (χ1n) is 8.14. The van der Waals surface area contributed by atoms with E-state index in [2.05, 4.69) is 31.0 Å². The second kappa shape index (κ2) is 6.91. The highest BCUT2D eigenvalue weighted by Gasteiger charge is 2.26. The van der Waals surface area contributed by atoms with Crippen LogP contribution in [0.15, 0.2) is 0 Å². The monoisotopic (exact) mass is 252 g/mol. The van der Waals surface area contributed by atoms with Crippen molar-refractivity contribution in [3.63, 3.8) is 0 Å². The number of nitrogens with zero attached hydrogens (tertiary/aromatic N) is 1. The lowest BCUT2D eigenvalue weighted by molar-refractivity contribution is 0.200. The Labute approximate surface area is 114 Å². The van der Waals surface area contributed by atoms with E-state index in [-0.39, 0.29) is 0 Å². The van der Waals surface area contributed by atoms with E-state index in [4.69, 9.17) is 0 Å². The molecule has 2 fully saturated rings. The van der Waals surface area contributed by atoms with Gasteiger partial charge in [0.15, 0.2) is 0 Å². The lowest BCUT2D eigenvalue weighted by Gasteiger charge is -2.30. The molecule has 2 rings (SSSR count). The highest BCUT2D eigenvalue weighted by molar-refractivity contribution is 4.82. The van der Waals surface area contributed by atoms with E-state index < -0.39 is 0 Å². The van der Waals surface area contributed by atoms with Gasteiger partial charge in [-0.2, -0.15) is 0 Å². The van der Waals surface area contributed by atoms with Crippen molar-refractivity contribution >= 4 is 0 Å². The lowest BCUT2D eigenvalue weighted by Crippen LogP contribution is -2.41. The molecule has 1 heterocycles. The molecular formula is C16H32N2. The highest BCUT2D eigenvalue weighted by Crippen LogP contribution is 2.24. The van der Waals surface area contributed by atoms with Crippen LogP contribution >= 0.6 is 0 Å². The summed E-state index contributed by atoms with van der Waals surface area (Å²) in [5, 5.41) is 3.79. The molecular weight excluding hydrogens is 220 g/mol. The summed E-state index contributed by atoms with van der Waals surface area (Å²) in [7, 11) is 0. The molecule has 1 saturated heterocycles. The van der Waals surface area contributed by atoms with Gasteiger partial charge in [0, 0.05) is 25.2 Å². The fraction of sp³-hybridized carbons (Fsp3) is 1.00. The Hall–Kier alpha value is -0.0800. The number of rotatable bonds is 5. The van der Waals surface area contributed by atoms with Crippen LogP contribution in [0.5, 0.6) is 0 Å². The first-order chi connectivity index (χ1) is 8.66. The Morgan fingerprint density at radius 1 is 1.11 bits per heavy atom. The van der Waals surface area contributed by atoms with Crippen molar-refractivity contribution in [1.29, 1.82) is 0 Å². The largest absolute Gasteiger partial charge is 0.313 e. The van der Waals surface area contributed by atoms with E-state index in [0.717, 1.165) is 23.9 Å². The van der Waals surface area contributed by atoms with E-state index in [0.29, 0.717) is 0 Å². The summed E-state index contributed by atoms with van der Waals surface area (Å²) >= 11 is 0. The summed E-state index contributed by atoms with van der Waals surface area (Å²) in [5.41, 5.74) is 0. The van der Waals surface area contributed by atoms with Crippen LogP contribution in [0.3, 0.4) is 0 Å². The van der Waals surface area contributed by atoms with Crippen LogP contribution in [0.25, 0.3) is 0 Å². The summed E-state index contributed by atoms with van der Waals surface area (Å²) in [6.07, 6.45) is 8.47. The second-order valence-corrected chi connectivity index (χ2v) is 6.90. The van der Waals surface area contributed by atoms with Gasteiger partial charge < -0.3 is 5.32 Å². The Balaban J connectivity index is 1.63. The summed E-state index contributed by atoms with van der Waals surface area (Å²) in [6, 6.07) is 1.65. The van der Waals surface area contributed by atoms with Crippen molar-refractivity contribution in [2.24, 2.45) is 11.8 Å². The fourth-order valence-corrected chi connectivity index (χ4v) is 3.76. The van der Waals surface area contributed by atoms with Crippen molar-refractivity contribution < 1.29 is 0 Å². The molecule has 0 bridgehead atoms. The zero-order valence-electron chi connectivity index (χ0n) is 12.6. The molecule has 1 unspecified atom stereocenters. The molecule has 1 atom stereocenters. The minimum Gasteiger partial charge on any atom is -0.313 e. The Morgan fingerprint density at radius 2 is 1.83 bits per heavy atom. The molecule has 1 aliphatic carbocycles. The van der Waals surface area contributed by atoms with Crippen molar-refractivity contribution in [2.45, 2.75) is 71.4 Å². The van der Waals surface area contributed by atoms with Crippen molar-refractivity contribution in [1.82, 2.24) is 10.2 Å². The molecule has 106 valence electrons. The highest BCUT2D eigenvalue weighted by atomic mass is 15.2. The third-order valence-electron chi connectivity index (χ3n) is 5.03. The summed E-state index contributed by atoms with van der Waals surface area (Å²) in [6.45, 7) is 10.9. The number of likely N-dealkylation sites (tertiary alicyclic amines) is 1. The molecule has 0 aromatic carbocycles. The van der Waals surface area contributed by atoms with Gasteiger partial charge in [-0.3, -0.25) is 4.90 Å². The zero-order chi connectivity index (χ0) is 13.0. The van der Waals surface area contributed by atoms with Gasteiger partial charge in [-0.1, -0.05) is 20.8 Å². The van der Waals surface area contributed by atoms with Crippen LogP contribution in [0, 0.1) is 11.8 Å². The summed E-state index contributed by atoms with van der Waals surface area (Å²) in [4.78, 5) is 2.71. The van der Waals surface area contributed by atoms with Crippen LogP contribution in [-0.2, 0) is 0 Å². The summed E-state index contributed by atoms with van der Waals surface area (Å²) in [5.74, 6) is 1.79. The SMILES string of the molecule is CC1CCC(NCCN2CCCC2C(C)C)CC1. The number of nitrogens with one attached hydrogen (secondary N) is 1. The molecule has 0 radical (unpaired) electrons. The summed E-state index contributed by atoms with van der Waals surface area (Å²) < 4.78 is 0. The average molecular weight is 252 g/mol. The molecule has 1 aliphatic heterocycles. The minimum atomic E-state index is 0.807. The maximum Gasteiger partial charge on any atom is 0.0119 e. The van der Waals surface area contributed by atoms with Gasteiger partial charge in [-0.25, -0.2) is 0 Å². The van der Waals surface area contributed by atoms with Crippen LogP contribution in [0.1, 0.15) is 59.3 Å². The quantitative estimate of drug-likeness (QED) is 0.808. The molecule has 0 spiro atoms. The van der Waals surface area contributed by atoms with Gasteiger partial charge in [0.05, 0.1) is 0 Å². The second-order valence-electron chi connectivity index (χ2n) is 6.90. The predicted molar refractivity (Wildman–Crippen MR) is 78.9 cm³/mol. The van der Waals surface area contributed by atoms with E-state index in [1.54, 1.807) is 0 Å². The molecule has 2 nitrogen and oxygen atoms in total. The maximum atomic E-state index is 3.79. The fourth-order valence-electron chi connectivity index (χ4n) is 3.76. The van der Waals surface area contributed by atoms with E-state index in [1.165, 1.54) is 58.2 Å². The van der Waals surface area contributed by atoms with E-state index in [9.17, 15) is 0 Å². The molecule has 0 amide bonds. The van der Waals surface area contributed by atoms with Crippen molar-refractivity contribution in [2.75, 3.05) is 19.6 Å². The topological polar surface area (TPSA) is 15.3 Å². The van der Waals surface area contributed by atoms with E-state index >= 15 is 0 Å². The van der Waals surface area contributed by atoms with Crippen molar-refractivity contribution in [3.8, 4) is 0 Å². The molecule has 2 heteroatoms. The molecule has 2 aliphatic rings. The maximum absolute atomic E-state index is 3.79. The smallest absolute Gasteiger partial charge is 0.0119 e. The van der Waals surface area contributed by atoms with Gasteiger partial charge in [-0.05, 0) is 56.9 Å². The average Bonchev–Trinajstić information content (AvgIpc) is 2.80. The number of hydrogen-bond acceptors (Lipinski definition) is 2. The van der Waals surface area contributed by atoms with Crippen molar-refractivity contribution in [3.05, 3.63) is 0 Å². The van der Waals surface area contributed by atoms with Gasteiger partial charge in [0.2, 0.25) is 0 Å². The molecule has 1 N–H and O–H groups in total. The Bertz CT molecular complexity index is 231. The first-order valence-corrected chi connectivity index (χ1v) is 8.14. The molecule has 1 saturated carbocycles. The Morgan fingerprint density at radius 3 is 2.50 bits per heavy atom. The van der Waals surface area contributed by atoms with Gasteiger partial charge in [0.25, 0.3) is 0 Å². The zero-order valence-corrected chi connectivity index (χ0v) is 12.6. The van der Waals surface area contributed by atoms with E-state index in [1.807, 2.05) is 0 Å². The number of hydrogen-bond donors (Lipinski definition) is 1. The third kappa shape index (κ3) is 3.96. The van der Waals surface area contributed by atoms with Gasteiger partial charge in [-0.15, -0.1) is 0 Å². The molecule has 0 aromatic rings. The van der Waals surface area contributed by atoms with Gasteiger partial charge in [0.1, 0.15) is 0 Å². The first kappa shape index (κ1) is 14.3. The molecule has 18 heavy (non-hydrogen) atoms. The van der Waals surface area contributed by atoms with Crippen LogP contribution in [-0.4, -0.2) is 36.6 Å². The third-order valence-corrected chi connectivity index (χ3v) is 5.03. The minimum absolute atomic E-state index is 0.807. The standard InChI is InChI=1S/C16H32N2/c1-13(2)16-5-4-11-18(16)12-10-17-15-8-6-14(3)7-9-15/h13-17H,4-12H2,1-3H3. The molecule has 0 aromatic heterocycles. The van der Waals surface area contributed by atoms with Crippen LogP contribution in [0.2, 0.25) is 0 Å². The predicted octanol–water partition coefficient (Wildman–Crippen LogP) is 3.28.